The summed E-state index contributed by atoms with van der Waals surface area (Å²) in [5.74, 6) is 1.84. The Hall–Kier alpha value is -2.69. The first-order valence-corrected chi connectivity index (χ1v) is 7.26. The Labute approximate surface area is 134 Å². The minimum absolute atomic E-state index is 0.0744. The average molecular weight is 313 g/mol. The molecule has 0 aliphatic heterocycles. The van der Waals surface area contributed by atoms with E-state index in [1.165, 1.54) is 0 Å². The molecule has 3 aromatic rings. The van der Waals surface area contributed by atoms with Crippen molar-refractivity contribution in [2.45, 2.75) is 6.92 Å². The van der Waals surface area contributed by atoms with E-state index < -0.39 is 0 Å². The predicted octanol–water partition coefficient (Wildman–Crippen LogP) is 3.03. The minimum Gasteiger partial charge on any atom is -0.496 e. The Kier molecular flexibility index (Phi) is 3.64. The van der Waals surface area contributed by atoms with Crippen LogP contribution in [0, 0.1) is 6.92 Å². The maximum absolute atomic E-state index is 13.1. The SMILES string of the molecule is COc1cc(OC)c2c(=O)c3cccc(OC)c3n(C)c2c1C. The molecule has 0 aliphatic carbocycles. The maximum atomic E-state index is 13.1. The minimum atomic E-state index is -0.0744. The predicted molar refractivity (Wildman–Crippen MR) is 91.1 cm³/mol. The summed E-state index contributed by atoms with van der Waals surface area (Å²) in [6.45, 7) is 1.93. The van der Waals surface area contributed by atoms with Gasteiger partial charge in [-0.15, -0.1) is 0 Å². The monoisotopic (exact) mass is 313 g/mol. The highest BCUT2D eigenvalue weighted by Gasteiger charge is 2.19. The van der Waals surface area contributed by atoms with Gasteiger partial charge in [-0.05, 0) is 19.1 Å². The third kappa shape index (κ3) is 2.04. The van der Waals surface area contributed by atoms with Gasteiger partial charge in [0.1, 0.15) is 17.2 Å². The van der Waals surface area contributed by atoms with Crippen molar-refractivity contribution < 1.29 is 14.2 Å². The first-order valence-electron chi connectivity index (χ1n) is 7.26. The van der Waals surface area contributed by atoms with Crippen molar-refractivity contribution in [1.29, 1.82) is 0 Å². The van der Waals surface area contributed by atoms with Gasteiger partial charge in [-0.1, -0.05) is 6.07 Å². The molecule has 23 heavy (non-hydrogen) atoms. The van der Waals surface area contributed by atoms with Gasteiger partial charge in [0.05, 0.1) is 43.1 Å². The number of nitrogens with zero attached hydrogens (tertiary/aromatic N) is 1. The summed E-state index contributed by atoms with van der Waals surface area (Å²) < 4.78 is 18.3. The standard InChI is InChI=1S/C18H19NO4/c1-10-13(22-4)9-14(23-5)15-16(10)19(2)17-11(18(15)20)7-6-8-12(17)21-3/h6-9H,1-5H3. The molecule has 3 rings (SSSR count). The van der Waals surface area contributed by atoms with Crippen molar-refractivity contribution in [2.75, 3.05) is 21.3 Å². The zero-order valence-corrected chi connectivity index (χ0v) is 13.9. The summed E-state index contributed by atoms with van der Waals surface area (Å²) in [6.07, 6.45) is 0. The third-order valence-corrected chi connectivity index (χ3v) is 4.27. The van der Waals surface area contributed by atoms with Crippen LogP contribution in [0.15, 0.2) is 29.1 Å². The number of hydrogen-bond donors (Lipinski definition) is 0. The van der Waals surface area contributed by atoms with E-state index in [2.05, 4.69) is 0 Å². The van der Waals surface area contributed by atoms with Crippen LogP contribution in [-0.4, -0.2) is 25.9 Å². The maximum Gasteiger partial charge on any atom is 0.201 e. The molecule has 0 saturated carbocycles. The van der Waals surface area contributed by atoms with Gasteiger partial charge in [0.15, 0.2) is 0 Å². The number of ether oxygens (including phenoxy) is 3. The van der Waals surface area contributed by atoms with Gasteiger partial charge in [0.25, 0.3) is 0 Å². The van der Waals surface area contributed by atoms with Crippen LogP contribution in [0.25, 0.3) is 21.8 Å². The third-order valence-electron chi connectivity index (χ3n) is 4.27. The van der Waals surface area contributed by atoms with Crippen molar-refractivity contribution in [2.24, 2.45) is 7.05 Å². The van der Waals surface area contributed by atoms with Crippen LogP contribution in [0.5, 0.6) is 17.2 Å². The van der Waals surface area contributed by atoms with Gasteiger partial charge in [0.2, 0.25) is 5.43 Å². The first kappa shape index (κ1) is 15.2. The molecule has 2 aromatic carbocycles. The number of aromatic nitrogens is 1. The zero-order chi connectivity index (χ0) is 16.7. The lowest BCUT2D eigenvalue weighted by Gasteiger charge is -2.18. The molecule has 1 aromatic heterocycles. The lowest BCUT2D eigenvalue weighted by Crippen LogP contribution is -2.12. The van der Waals surface area contributed by atoms with E-state index in [1.807, 2.05) is 30.7 Å². The molecule has 0 amide bonds. The average Bonchev–Trinajstić information content (AvgIpc) is 2.58. The molecule has 0 fully saturated rings. The first-order chi connectivity index (χ1) is 11.0. The molecule has 5 heteroatoms. The molecule has 0 atom stereocenters. The van der Waals surface area contributed by atoms with Gasteiger partial charge >= 0.3 is 0 Å². The van der Waals surface area contributed by atoms with Crippen molar-refractivity contribution in [3.8, 4) is 17.2 Å². The van der Waals surface area contributed by atoms with E-state index in [1.54, 1.807) is 33.5 Å². The summed E-state index contributed by atoms with van der Waals surface area (Å²) in [5, 5.41) is 1.15. The van der Waals surface area contributed by atoms with Crippen molar-refractivity contribution in [1.82, 2.24) is 4.57 Å². The second kappa shape index (κ2) is 5.50. The second-order valence-electron chi connectivity index (χ2n) is 5.37. The molecule has 0 spiro atoms. The fourth-order valence-corrected chi connectivity index (χ4v) is 3.19. The zero-order valence-electron chi connectivity index (χ0n) is 13.9. The van der Waals surface area contributed by atoms with Crippen LogP contribution < -0.4 is 19.6 Å². The summed E-state index contributed by atoms with van der Waals surface area (Å²) in [7, 11) is 6.67. The van der Waals surface area contributed by atoms with Crippen LogP contribution in [0.1, 0.15) is 5.56 Å². The van der Waals surface area contributed by atoms with Crippen molar-refractivity contribution in [3.63, 3.8) is 0 Å². The van der Waals surface area contributed by atoms with Crippen LogP contribution in [0.4, 0.5) is 0 Å². The number of aryl methyl sites for hydroxylation is 2. The van der Waals surface area contributed by atoms with E-state index in [0.29, 0.717) is 28.0 Å². The van der Waals surface area contributed by atoms with E-state index in [4.69, 9.17) is 14.2 Å². The summed E-state index contributed by atoms with van der Waals surface area (Å²) in [4.78, 5) is 13.1. The van der Waals surface area contributed by atoms with E-state index in [9.17, 15) is 4.79 Å². The lowest BCUT2D eigenvalue weighted by atomic mass is 10.0. The van der Waals surface area contributed by atoms with Crippen LogP contribution in [0.3, 0.4) is 0 Å². The second-order valence-corrected chi connectivity index (χ2v) is 5.37. The fraction of sp³-hybridized carbons (Fsp3) is 0.278. The molecule has 120 valence electrons. The lowest BCUT2D eigenvalue weighted by molar-refractivity contribution is 0.395. The quantitative estimate of drug-likeness (QED) is 0.697. The summed E-state index contributed by atoms with van der Waals surface area (Å²) in [6, 6.07) is 7.22. The number of methoxy groups -OCH3 is 3. The smallest absolute Gasteiger partial charge is 0.201 e. The number of para-hydroxylation sites is 1. The topological polar surface area (TPSA) is 49.7 Å². The molecule has 0 N–H and O–H groups in total. The van der Waals surface area contributed by atoms with Gasteiger partial charge in [-0.25, -0.2) is 0 Å². The van der Waals surface area contributed by atoms with Crippen LogP contribution in [0.2, 0.25) is 0 Å². The number of rotatable bonds is 3. The number of benzene rings is 2. The van der Waals surface area contributed by atoms with Gasteiger partial charge in [-0.2, -0.15) is 0 Å². The van der Waals surface area contributed by atoms with E-state index in [0.717, 1.165) is 16.6 Å². The Morgan fingerprint density at radius 3 is 2.17 bits per heavy atom. The molecular weight excluding hydrogens is 294 g/mol. The van der Waals surface area contributed by atoms with Crippen molar-refractivity contribution >= 4 is 21.8 Å². The van der Waals surface area contributed by atoms with Crippen LogP contribution >= 0.6 is 0 Å². The number of hydrogen-bond acceptors (Lipinski definition) is 4. The number of pyridine rings is 1. The fourth-order valence-electron chi connectivity index (χ4n) is 3.19. The highest BCUT2D eigenvalue weighted by molar-refractivity contribution is 6.00. The summed E-state index contributed by atoms with van der Waals surface area (Å²) in [5.41, 5.74) is 2.35. The Morgan fingerprint density at radius 1 is 0.913 bits per heavy atom. The Bertz CT molecular complexity index is 973. The van der Waals surface area contributed by atoms with E-state index in [-0.39, 0.29) is 5.43 Å². The highest BCUT2D eigenvalue weighted by Crippen LogP contribution is 2.36. The normalized spacial score (nSPS) is 11.0. The summed E-state index contributed by atoms with van der Waals surface area (Å²) >= 11 is 0. The molecule has 1 heterocycles. The van der Waals surface area contributed by atoms with Gasteiger partial charge < -0.3 is 18.8 Å². The highest BCUT2D eigenvalue weighted by atomic mass is 16.5. The Balaban J connectivity index is 2.69. The van der Waals surface area contributed by atoms with Crippen molar-refractivity contribution in [3.05, 3.63) is 40.1 Å². The molecule has 5 nitrogen and oxygen atoms in total. The Morgan fingerprint density at radius 2 is 1.57 bits per heavy atom. The van der Waals surface area contributed by atoms with Gasteiger partial charge in [0, 0.05) is 18.7 Å². The molecule has 0 saturated heterocycles. The molecule has 0 bridgehead atoms. The van der Waals surface area contributed by atoms with Crippen LogP contribution in [-0.2, 0) is 7.05 Å². The molecular formula is C18H19NO4. The van der Waals surface area contributed by atoms with Gasteiger partial charge in [-0.3, -0.25) is 4.79 Å². The molecule has 0 unspecified atom stereocenters. The molecule has 0 aliphatic rings. The number of fused-ring (bicyclic) bond motifs is 2. The van der Waals surface area contributed by atoms with E-state index >= 15 is 0 Å². The largest absolute Gasteiger partial charge is 0.496 e. The molecule has 0 radical (unpaired) electrons.